The minimum absolute atomic E-state index is 0.254. The van der Waals surface area contributed by atoms with Gasteiger partial charge >= 0.3 is 5.97 Å². The topological polar surface area (TPSA) is 54.6 Å². The van der Waals surface area contributed by atoms with Gasteiger partial charge in [0, 0.05) is 18.0 Å². The number of nitrogens with zero attached hydrogens (tertiary/aromatic N) is 2. The molecule has 2 heterocycles. The summed E-state index contributed by atoms with van der Waals surface area (Å²) in [5.41, 5.74) is 4.54. The second kappa shape index (κ2) is 5.00. The summed E-state index contributed by atoms with van der Waals surface area (Å²) in [6.07, 6.45) is 3.70. The molecule has 0 aliphatic carbocycles. The summed E-state index contributed by atoms with van der Waals surface area (Å²) >= 11 is 3.37. The second-order valence-electron chi connectivity index (χ2n) is 5.03. The number of carboxylic acid groups (broad SMARTS) is 1. The molecule has 0 saturated carbocycles. The van der Waals surface area contributed by atoms with E-state index in [0.29, 0.717) is 15.7 Å². The Bertz CT molecular complexity index is 868. The Balaban J connectivity index is 2.26. The molecule has 3 aromatic rings. The predicted molar refractivity (Wildman–Crippen MR) is 84.8 cm³/mol. The third-order valence-electron chi connectivity index (χ3n) is 3.40. The number of aromatic nitrogens is 2. The molecule has 0 amide bonds. The van der Waals surface area contributed by atoms with Gasteiger partial charge in [-0.1, -0.05) is 23.8 Å². The van der Waals surface area contributed by atoms with E-state index in [2.05, 4.69) is 27.0 Å². The van der Waals surface area contributed by atoms with E-state index in [9.17, 15) is 9.90 Å². The number of imidazole rings is 1. The second-order valence-corrected chi connectivity index (χ2v) is 5.83. The molecule has 0 fully saturated rings. The molecule has 21 heavy (non-hydrogen) atoms. The first-order chi connectivity index (χ1) is 9.97. The molecule has 0 unspecified atom stereocenters. The van der Waals surface area contributed by atoms with E-state index < -0.39 is 5.97 Å². The van der Waals surface area contributed by atoms with Gasteiger partial charge in [-0.25, -0.2) is 9.78 Å². The lowest BCUT2D eigenvalue weighted by Crippen LogP contribution is -2.03. The molecular formula is C16H13BrN2O2. The number of benzene rings is 1. The van der Waals surface area contributed by atoms with Gasteiger partial charge in [0.1, 0.15) is 0 Å². The molecule has 0 bridgehead atoms. The van der Waals surface area contributed by atoms with Crippen molar-refractivity contribution in [3.05, 3.63) is 57.8 Å². The Hall–Kier alpha value is -2.14. The first-order valence-corrected chi connectivity index (χ1v) is 7.25. The van der Waals surface area contributed by atoms with Gasteiger partial charge in [-0.15, -0.1) is 0 Å². The van der Waals surface area contributed by atoms with Crippen LogP contribution in [-0.2, 0) is 0 Å². The van der Waals surface area contributed by atoms with Gasteiger partial charge in [-0.3, -0.25) is 0 Å². The number of fused-ring (bicyclic) bond motifs is 1. The maximum Gasteiger partial charge on any atom is 0.337 e. The number of halogens is 1. The molecule has 1 N–H and O–H groups in total. The normalized spacial score (nSPS) is 11.0. The summed E-state index contributed by atoms with van der Waals surface area (Å²) in [5, 5.41) is 9.30. The monoisotopic (exact) mass is 344 g/mol. The fourth-order valence-electron chi connectivity index (χ4n) is 2.42. The lowest BCUT2D eigenvalue weighted by Gasteiger charge is -2.05. The summed E-state index contributed by atoms with van der Waals surface area (Å²) in [5.74, 6) is -0.956. The summed E-state index contributed by atoms with van der Waals surface area (Å²) in [4.78, 5) is 15.9. The zero-order valence-corrected chi connectivity index (χ0v) is 13.2. The molecule has 4 nitrogen and oxygen atoms in total. The molecule has 0 aliphatic heterocycles. The van der Waals surface area contributed by atoms with Gasteiger partial charge in [0.15, 0.2) is 5.65 Å². The fourth-order valence-corrected chi connectivity index (χ4v) is 3.19. The Morgan fingerprint density at radius 1 is 1.29 bits per heavy atom. The molecule has 106 valence electrons. The van der Waals surface area contributed by atoms with Crippen LogP contribution >= 0.6 is 15.9 Å². The van der Waals surface area contributed by atoms with E-state index >= 15 is 0 Å². The summed E-state index contributed by atoms with van der Waals surface area (Å²) in [6.45, 7) is 3.81. The SMILES string of the molecule is Cc1cccc(-c2cn3cc(C)c(C(=O)O)c(Br)c3n2)c1. The van der Waals surface area contributed by atoms with E-state index in [0.717, 1.165) is 16.8 Å². The number of pyridine rings is 1. The lowest BCUT2D eigenvalue weighted by atomic mass is 10.1. The zero-order valence-electron chi connectivity index (χ0n) is 11.6. The van der Waals surface area contributed by atoms with Crippen LogP contribution in [0.3, 0.4) is 0 Å². The van der Waals surface area contributed by atoms with Gasteiger partial charge in [-0.2, -0.15) is 0 Å². The van der Waals surface area contributed by atoms with Crippen LogP contribution in [0.4, 0.5) is 0 Å². The summed E-state index contributed by atoms with van der Waals surface area (Å²) in [6, 6.07) is 8.06. The molecule has 1 aromatic carbocycles. The summed E-state index contributed by atoms with van der Waals surface area (Å²) < 4.78 is 2.36. The quantitative estimate of drug-likeness (QED) is 0.761. The highest BCUT2D eigenvalue weighted by Crippen LogP contribution is 2.28. The van der Waals surface area contributed by atoms with Crippen LogP contribution in [0.25, 0.3) is 16.9 Å². The van der Waals surface area contributed by atoms with Gasteiger partial charge in [-0.05, 0) is 41.4 Å². The van der Waals surface area contributed by atoms with Crippen molar-refractivity contribution in [2.75, 3.05) is 0 Å². The minimum atomic E-state index is -0.956. The molecule has 0 saturated heterocycles. The molecule has 3 rings (SSSR count). The molecule has 0 aliphatic rings. The Morgan fingerprint density at radius 2 is 2.05 bits per heavy atom. The highest BCUT2D eigenvalue weighted by atomic mass is 79.9. The molecular weight excluding hydrogens is 332 g/mol. The van der Waals surface area contributed by atoms with Crippen LogP contribution in [0.15, 0.2) is 41.1 Å². The standard InChI is InChI=1S/C16H13BrN2O2/c1-9-4-3-5-11(6-9)12-8-19-7-10(2)13(16(20)21)14(17)15(19)18-12/h3-8H,1-2H3,(H,20,21). The maximum absolute atomic E-state index is 11.3. The van der Waals surface area contributed by atoms with Crippen LogP contribution in [0.1, 0.15) is 21.5 Å². The van der Waals surface area contributed by atoms with Crippen molar-refractivity contribution in [1.82, 2.24) is 9.38 Å². The highest BCUT2D eigenvalue weighted by molar-refractivity contribution is 9.10. The van der Waals surface area contributed by atoms with Crippen molar-refractivity contribution >= 4 is 27.5 Å². The molecule has 0 atom stereocenters. The van der Waals surface area contributed by atoms with Gasteiger partial charge in [0.25, 0.3) is 0 Å². The third-order valence-corrected chi connectivity index (χ3v) is 4.15. The van der Waals surface area contributed by atoms with Crippen LogP contribution in [-0.4, -0.2) is 20.5 Å². The minimum Gasteiger partial charge on any atom is -0.478 e. The van der Waals surface area contributed by atoms with E-state index in [1.54, 1.807) is 13.1 Å². The van der Waals surface area contributed by atoms with Crippen LogP contribution < -0.4 is 0 Å². The largest absolute Gasteiger partial charge is 0.478 e. The molecule has 0 radical (unpaired) electrons. The van der Waals surface area contributed by atoms with E-state index in [1.807, 2.05) is 35.7 Å². The lowest BCUT2D eigenvalue weighted by molar-refractivity contribution is 0.0695. The molecule has 5 heteroatoms. The van der Waals surface area contributed by atoms with Crippen molar-refractivity contribution in [1.29, 1.82) is 0 Å². The highest BCUT2D eigenvalue weighted by Gasteiger charge is 2.17. The van der Waals surface area contributed by atoms with E-state index in [4.69, 9.17) is 0 Å². The average molecular weight is 345 g/mol. The van der Waals surface area contributed by atoms with E-state index in [1.165, 1.54) is 0 Å². The molecule has 0 spiro atoms. The average Bonchev–Trinajstić information content (AvgIpc) is 2.82. The predicted octanol–water partition coefficient (Wildman–Crippen LogP) is 4.08. The van der Waals surface area contributed by atoms with Crippen molar-refractivity contribution in [2.45, 2.75) is 13.8 Å². The number of carboxylic acids is 1. The van der Waals surface area contributed by atoms with Crippen molar-refractivity contribution < 1.29 is 9.90 Å². The Kier molecular flexibility index (Phi) is 3.29. The van der Waals surface area contributed by atoms with E-state index in [-0.39, 0.29) is 5.56 Å². The maximum atomic E-state index is 11.3. The number of carbonyl (C=O) groups is 1. The Morgan fingerprint density at radius 3 is 2.71 bits per heavy atom. The molecule has 2 aromatic heterocycles. The van der Waals surface area contributed by atoms with Crippen LogP contribution in [0.5, 0.6) is 0 Å². The number of hydrogen-bond acceptors (Lipinski definition) is 2. The Labute approximate surface area is 130 Å². The van der Waals surface area contributed by atoms with Gasteiger partial charge in [0.05, 0.1) is 15.7 Å². The van der Waals surface area contributed by atoms with Crippen molar-refractivity contribution in [3.63, 3.8) is 0 Å². The first-order valence-electron chi connectivity index (χ1n) is 6.45. The fraction of sp³-hybridized carbons (Fsp3) is 0.125. The van der Waals surface area contributed by atoms with Gasteiger partial charge < -0.3 is 9.51 Å². The number of aryl methyl sites for hydroxylation is 2. The van der Waals surface area contributed by atoms with Crippen molar-refractivity contribution in [3.8, 4) is 11.3 Å². The zero-order chi connectivity index (χ0) is 15.1. The number of hydrogen-bond donors (Lipinski definition) is 1. The number of rotatable bonds is 2. The summed E-state index contributed by atoms with van der Waals surface area (Å²) in [7, 11) is 0. The van der Waals surface area contributed by atoms with Crippen LogP contribution in [0, 0.1) is 13.8 Å². The number of aromatic carboxylic acids is 1. The van der Waals surface area contributed by atoms with Crippen LogP contribution in [0.2, 0.25) is 0 Å². The van der Waals surface area contributed by atoms with Crippen molar-refractivity contribution in [2.24, 2.45) is 0 Å². The first kappa shape index (κ1) is 13.8. The smallest absolute Gasteiger partial charge is 0.337 e. The van der Waals surface area contributed by atoms with Gasteiger partial charge in [0.2, 0.25) is 0 Å². The third kappa shape index (κ3) is 2.34.